The Balaban J connectivity index is 1.47. The van der Waals surface area contributed by atoms with Crippen LogP contribution in [-0.4, -0.2) is 41.4 Å². The van der Waals surface area contributed by atoms with E-state index in [1.54, 1.807) is 18.2 Å². The molecule has 1 unspecified atom stereocenters. The van der Waals surface area contributed by atoms with Crippen molar-refractivity contribution in [2.75, 3.05) is 0 Å². The number of carboxylic acids is 1. The van der Waals surface area contributed by atoms with E-state index in [9.17, 15) is 14.7 Å². The van der Waals surface area contributed by atoms with Crippen molar-refractivity contribution in [1.29, 1.82) is 0 Å². The van der Waals surface area contributed by atoms with E-state index in [1.165, 1.54) is 12.8 Å². The minimum absolute atomic E-state index is 0.146. The van der Waals surface area contributed by atoms with E-state index in [2.05, 4.69) is 5.32 Å². The van der Waals surface area contributed by atoms with Crippen molar-refractivity contribution in [2.45, 2.75) is 103 Å². The summed E-state index contributed by atoms with van der Waals surface area (Å²) in [6.45, 7) is 3.84. The molecule has 2 aromatic rings. The van der Waals surface area contributed by atoms with Crippen LogP contribution in [0.2, 0.25) is 5.02 Å². The fraction of sp³-hybridized carbons (Fsp3) is 0.533. The smallest absolute Gasteiger partial charge is 0.333 e. The van der Waals surface area contributed by atoms with Crippen molar-refractivity contribution in [3.8, 4) is 11.5 Å². The fourth-order valence-corrected chi connectivity index (χ4v) is 5.41. The lowest BCUT2D eigenvalue weighted by molar-refractivity contribution is -0.153. The van der Waals surface area contributed by atoms with Crippen molar-refractivity contribution < 1.29 is 28.9 Å². The molecule has 2 saturated carbocycles. The highest BCUT2D eigenvalue weighted by molar-refractivity contribution is 6.34. The summed E-state index contributed by atoms with van der Waals surface area (Å²) in [5.41, 5.74) is 1.96. The first kappa shape index (κ1) is 28.2. The molecule has 8 heteroatoms. The van der Waals surface area contributed by atoms with E-state index in [1.807, 2.05) is 32.0 Å². The van der Waals surface area contributed by atoms with E-state index in [0.717, 1.165) is 49.7 Å². The van der Waals surface area contributed by atoms with E-state index in [4.69, 9.17) is 25.8 Å². The van der Waals surface area contributed by atoms with Gasteiger partial charge < -0.3 is 24.6 Å². The molecule has 2 aromatic carbocycles. The molecule has 0 bridgehead atoms. The third kappa shape index (κ3) is 7.87. The topological polar surface area (TPSA) is 94.1 Å². The first-order valence-corrected chi connectivity index (χ1v) is 14.1. The third-order valence-corrected chi connectivity index (χ3v) is 7.40. The van der Waals surface area contributed by atoms with Crippen LogP contribution in [0.15, 0.2) is 36.4 Å². The normalized spacial score (nSPS) is 17.1. The average molecular weight is 544 g/mol. The predicted octanol–water partition coefficient (Wildman–Crippen LogP) is 6.33. The molecule has 2 N–H and O–H groups in total. The Morgan fingerprint density at radius 2 is 1.63 bits per heavy atom. The van der Waals surface area contributed by atoms with Gasteiger partial charge in [-0.3, -0.25) is 4.79 Å². The molecule has 2 aliphatic rings. The molecule has 2 fully saturated rings. The van der Waals surface area contributed by atoms with E-state index >= 15 is 0 Å². The third-order valence-electron chi connectivity index (χ3n) is 7.08. The van der Waals surface area contributed by atoms with Crippen molar-refractivity contribution in [3.63, 3.8) is 0 Å². The SMILES string of the molecule is CC(C)OC(Cc1ccc(OC2CCCC2)c(CNC(=O)c2ccc(OC3CCCC3)cc2Cl)c1)C(=O)O. The lowest BCUT2D eigenvalue weighted by atomic mass is 10.0. The Morgan fingerprint density at radius 1 is 0.974 bits per heavy atom. The molecule has 0 spiro atoms. The molecule has 0 aliphatic heterocycles. The van der Waals surface area contributed by atoms with Crippen LogP contribution >= 0.6 is 11.6 Å². The maximum Gasteiger partial charge on any atom is 0.333 e. The Bertz CT molecular complexity index is 1110. The van der Waals surface area contributed by atoms with Gasteiger partial charge in [0.2, 0.25) is 0 Å². The molecular weight excluding hydrogens is 506 g/mol. The number of nitrogens with one attached hydrogen (secondary N) is 1. The monoisotopic (exact) mass is 543 g/mol. The number of amides is 1. The van der Waals surface area contributed by atoms with Gasteiger partial charge in [0.25, 0.3) is 5.91 Å². The van der Waals surface area contributed by atoms with Crippen LogP contribution in [0.25, 0.3) is 0 Å². The van der Waals surface area contributed by atoms with Crippen molar-refractivity contribution >= 4 is 23.5 Å². The Morgan fingerprint density at radius 3 is 2.24 bits per heavy atom. The molecule has 1 amide bonds. The standard InChI is InChI=1S/C30H38ClNO6/c1-19(2)36-28(30(34)35)16-20-11-14-27(38-23-9-5-6-10-23)21(15-20)18-32-29(33)25-13-12-24(17-26(25)31)37-22-7-3-4-8-22/h11-15,17,19,22-23,28H,3-10,16,18H2,1-2H3,(H,32,33)(H,34,35). The zero-order chi connectivity index (χ0) is 27.1. The molecule has 0 aromatic heterocycles. The highest BCUT2D eigenvalue weighted by atomic mass is 35.5. The summed E-state index contributed by atoms with van der Waals surface area (Å²) in [6, 6.07) is 10.8. The van der Waals surface area contributed by atoms with Crippen molar-refractivity contribution in [2.24, 2.45) is 0 Å². The quantitative estimate of drug-likeness (QED) is 0.325. The predicted molar refractivity (Wildman–Crippen MR) is 146 cm³/mol. The van der Waals surface area contributed by atoms with Crippen LogP contribution in [-0.2, 0) is 22.5 Å². The summed E-state index contributed by atoms with van der Waals surface area (Å²) < 4.78 is 17.9. The molecular formula is C30H38ClNO6. The maximum absolute atomic E-state index is 13.0. The van der Waals surface area contributed by atoms with Gasteiger partial charge in [-0.15, -0.1) is 0 Å². The molecule has 1 atom stereocenters. The number of carboxylic acid groups (broad SMARTS) is 1. The van der Waals surface area contributed by atoms with Gasteiger partial charge in [0.1, 0.15) is 11.5 Å². The van der Waals surface area contributed by atoms with Gasteiger partial charge in [0, 0.05) is 18.5 Å². The Hall–Kier alpha value is -2.77. The van der Waals surface area contributed by atoms with Gasteiger partial charge in [0.05, 0.1) is 28.9 Å². The summed E-state index contributed by atoms with van der Waals surface area (Å²) in [6.07, 6.45) is 8.13. The minimum atomic E-state index is -1.00. The number of hydrogen-bond donors (Lipinski definition) is 2. The van der Waals surface area contributed by atoms with Gasteiger partial charge in [0.15, 0.2) is 6.10 Å². The van der Waals surface area contributed by atoms with Gasteiger partial charge in [-0.05, 0) is 95.0 Å². The molecule has 0 radical (unpaired) electrons. The second kappa shape index (κ2) is 13.3. The molecule has 206 valence electrons. The Kier molecular flexibility index (Phi) is 9.91. The van der Waals surface area contributed by atoms with E-state index in [-0.39, 0.29) is 37.2 Å². The maximum atomic E-state index is 13.0. The first-order chi connectivity index (χ1) is 18.3. The number of hydrogen-bond acceptors (Lipinski definition) is 5. The zero-order valence-electron chi connectivity index (χ0n) is 22.2. The van der Waals surface area contributed by atoms with E-state index < -0.39 is 12.1 Å². The van der Waals surface area contributed by atoms with Crippen LogP contribution < -0.4 is 14.8 Å². The number of aliphatic carboxylic acids is 1. The lowest BCUT2D eigenvalue weighted by Gasteiger charge is -2.20. The second-order valence-corrected chi connectivity index (χ2v) is 10.9. The fourth-order valence-electron chi connectivity index (χ4n) is 5.16. The van der Waals surface area contributed by atoms with Crippen LogP contribution in [0.5, 0.6) is 11.5 Å². The largest absolute Gasteiger partial charge is 0.490 e. The second-order valence-electron chi connectivity index (χ2n) is 10.5. The number of carbonyl (C=O) groups is 2. The molecule has 4 rings (SSSR count). The highest BCUT2D eigenvalue weighted by Crippen LogP contribution is 2.30. The summed E-state index contributed by atoms with van der Waals surface area (Å²) in [5, 5.41) is 12.9. The molecule has 7 nitrogen and oxygen atoms in total. The summed E-state index contributed by atoms with van der Waals surface area (Å²) in [4.78, 5) is 24.8. The van der Waals surface area contributed by atoms with Crippen LogP contribution in [0.3, 0.4) is 0 Å². The molecule has 2 aliphatic carbocycles. The van der Waals surface area contributed by atoms with Crippen LogP contribution in [0.4, 0.5) is 0 Å². The van der Waals surface area contributed by atoms with Crippen molar-refractivity contribution in [1.82, 2.24) is 5.32 Å². The molecule has 0 saturated heterocycles. The van der Waals surface area contributed by atoms with Gasteiger partial charge in [-0.2, -0.15) is 0 Å². The molecule has 38 heavy (non-hydrogen) atoms. The summed E-state index contributed by atoms with van der Waals surface area (Å²) in [7, 11) is 0. The van der Waals surface area contributed by atoms with Crippen LogP contribution in [0, 0.1) is 0 Å². The number of ether oxygens (including phenoxy) is 3. The average Bonchev–Trinajstić information content (AvgIpc) is 3.58. The first-order valence-electron chi connectivity index (χ1n) is 13.7. The van der Waals surface area contributed by atoms with E-state index in [0.29, 0.717) is 22.1 Å². The minimum Gasteiger partial charge on any atom is -0.490 e. The van der Waals surface area contributed by atoms with Gasteiger partial charge in [-0.25, -0.2) is 4.79 Å². The summed E-state index contributed by atoms with van der Waals surface area (Å²) in [5.74, 6) is 0.0695. The van der Waals surface area contributed by atoms with Crippen molar-refractivity contribution in [3.05, 3.63) is 58.1 Å². The number of benzene rings is 2. The Labute approximate surface area is 229 Å². The number of rotatable bonds is 12. The van der Waals surface area contributed by atoms with Crippen LogP contribution in [0.1, 0.15) is 86.7 Å². The van der Waals surface area contributed by atoms with Gasteiger partial charge >= 0.3 is 5.97 Å². The van der Waals surface area contributed by atoms with Gasteiger partial charge in [-0.1, -0.05) is 23.7 Å². The lowest BCUT2D eigenvalue weighted by Crippen LogP contribution is -2.29. The number of halogens is 1. The molecule has 0 heterocycles. The highest BCUT2D eigenvalue weighted by Gasteiger charge is 2.23. The summed E-state index contributed by atoms with van der Waals surface area (Å²) >= 11 is 6.45. The number of carbonyl (C=O) groups excluding carboxylic acids is 1. The zero-order valence-corrected chi connectivity index (χ0v) is 23.0.